The molecule has 2 N–H and O–H groups in total. The Morgan fingerprint density at radius 1 is 1.13 bits per heavy atom. The molecule has 0 aromatic heterocycles. The third-order valence-corrected chi connectivity index (χ3v) is 3.63. The predicted molar refractivity (Wildman–Crippen MR) is 86.4 cm³/mol. The second-order valence-electron chi connectivity index (χ2n) is 4.65. The molecule has 2 amide bonds. The number of benzene rings is 2. The molecule has 0 aliphatic rings. The van der Waals surface area contributed by atoms with Gasteiger partial charge in [0.15, 0.2) is 0 Å². The fourth-order valence-electron chi connectivity index (χ4n) is 1.84. The van der Waals surface area contributed by atoms with E-state index in [1.165, 1.54) is 31.4 Å². The van der Waals surface area contributed by atoms with Gasteiger partial charge in [0.1, 0.15) is 11.6 Å². The van der Waals surface area contributed by atoms with E-state index in [2.05, 4.69) is 26.8 Å². The Balaban J connectivity index is 1.89. The molecule has 2 aromatic rings. The van der Waals surface area contributed by atoms with E-state index in [1.807, 2.05) is 0 Å². The minimum atomic E-state index is -0.458. The molecule has 0 atom stereocenters. The number of nitrogens with one attached hydrogen (secondary N) is 2. The van der Waals surface area contributed by atoms with Crippen LogP contribution in [0.2, 0.25) is 0 Å². The highest BCUT2D eigenvalue weighted by Crippen LogP contribution is 2.25. The van der Waals surface area contributed by atoms with Crippen molar-refractivity contribution >= 4 is 27.7 Å². The predicted octanol–water partition coefficient (Wildman–Crippen LogP) is 2.60. The summed E-state index contributed by atoms with van der Waals surface area (Å²) in [5, 5.41) is 0. The SMILES string of the molecule is COc1ccc(C(=O)NNC(=O)Cc2ccc(F)cc2)cc1Br. The third-order valence-electron chi connectivity index (χ3n) is 3.01. The second-order valence-corrected chi connectivity index (χ2v) is 5.51. The molecule has 7 heteroatoms. The summed E-state index contributed by atoms with van der Waals surface area (Å²) in [7, 11) is 1.52. The molecule has 0 radical (unpaired) electrons. The first-order valence-corrected chi connectivity index (χ1v) is 7.46. The quantitative estimate of drug-likeness (QED) is 0.801. The molecule has 0 unspecified atom stereocenters. The molecule has 0 bridgehead atoms. The Bertz CT molecular complexity index is 720. The summed E-state index contributed by atoms with van der Waals surface area (Å²) in [6.45, 7) is 0. The molecule has 5 nitrogen and oxygen atoms in total. The summed E-state index contributed by atoms with van der Waals surface area (Å²) in [5.41, 5.74) is 5.64. The van der Waals surface area contributed by atoms with Crippen LogP contribution in [-0.4, -0.2) is 18.9 Å². The molecule has 0 heterocycles. The maximum Gasteiger partial charge on any atom is 0.269 e. The van der Waals surface area contributed by atoms with Crippen molar-refractivity contribution in [2.75, 3.05) is 7.11 Å². The molecule has 0 spiro atoms. The Labute approximate surface area is 140 Å². The van der Waals surface area contributed by atoms with Gasteiger partial charge >= 0.3 is 0 Å². The van der Waals surface area contributed by atoms with Crippen molar-refractivity contribution in [3.8, 4) is 5.75 Å². The van der Waals surface area contributed by atoms with Crippen LogP contribution >= 0.6 is 15.9 Å². The van der Waals surface area contributed by atoms with Crippen LogP contribution < -0.4 is 15.6 Å². The number of halogens is 2. The summed E-state index contributed by atoms with van der Waals surface area (Å²) in [4.78, 5) is 23.7. The molecule has 2 rings (SSSR count). The second kappa shape index (κ2) is 7.73. The zero-order valence-electron chi connectivity index (χ0n) is 12.2. The Hall–Kier alpha value is -2.41. The molecular weight excluding hydrogens is 367 g/mol. The first-order chi connectivity index (χ1) is 11.0. The van der Waals surface area contributed by atoms with E-state index in [1.54, 1.807) is 18.2 Å². The lowest BCUT2D eigenvalue weighted by atomic mass is 10.1. The average Bonchev–Trinajstić information content (AvgIpc) is 2.54. The van der Waals surface area contributed by atoms with E-state index < -0.39 is 11.8 Å². The number of hydrogen-bond donors (Lipinski definition) is 2. The van der Waals surface area contributed by atoms with E-state index in [9.17, 15) is 14.0 Å². The molecule has 2 aromatic carbocycles. The number of rotatable bonds is 4. The van der Waals surface area contributed by atoms with Crippen molar-refractivity contribution in [1.29, 1.82) is 0 Å². The molecule has 0 aliphatic heterocycles. The van der Waals surface area contributed by atoms with Gasteiger partial charge in [-0.2, -0.15) is 0 Å². The van der Waals surface area contributed by atoms with Gasteiger partial charge in [-0.1, -0.05) is 12.1 Å². The number of hydrogen-bond acceptors (Lipinski definition) is 3. The summed E-state index contributed by atoms with van der Waals surface area (Å²) in [5.74, 6) is -0.632. The van der Waals surface area contributed by atoms with E-state index >= 15 is 0 Å². The minimum Gasteiger partial charge on any atom is -0.496 e. The molecule has 0 saturated carbocycles. The van der Waals surface area contributed by atoms with Gasteiger partial charge in [-0.25, -0.2) is 4.39 Å². The number of carbonyl (C=O) groups is 2. The van der Waals surface area contributed by atoms with E-state index in [-0.39, 0.29) is 12.2 Å². The maximum atomic E-state index is 12.8. The first-order valence-electron chi connectivity index (χ1n) is 6.67. The van der Waals surface area contributed by atoms with Gasteiger partial charge in [-0.15, -0.1) is 0 Å². The highest BCUT2D eigenvalue weighted by atomic mass is 79.9. The molecule has 23 heavy (non-hydrogen) atoms. The fourth-order valence-corrected chi connectivity index (χ4v) is 2.38. The van der Waals surface area contributed by atoms with Crippen LogP contribution in [0.25, 0.3) is 0 Å². The third kappa shape index (κ3) is 4.79. The smallest absolute Gasteiger partial charge is 0.269 e. The maximum absolute atomic E-state index is 12.8. The lowest BCUT2D eigenvalue weighted by Crippen LogP contribution is -2.42. The normalized spacial score (nSPS) is 10.0. The van der Waals surface area contributed by atoms with Gasteiger partial charge in [0, 0.05) is 5.56 Å². The molecule has 0 saturated heterocycles. The number of methoxy groups -OCH3 is 1. The van der Waals surface area contributed by atoms with Crippen molar-refractivity contribution in [2.24, 2.45) is 0 Å². The zero-order valence-corrected chi connectivity index (χ0v) is 13.8. The summed E-state index contributed by atoms with van der Waals surface area (Å²) >= 11 is 3.28. The van der Waals surface area contributed by atoms with Crippen molar-refractivity contribution in [2.45, 2.75) is 6.42 Å². The molecular formula is C16H14BrFN2O3. The highest BCUT2D eigenvalue weighted by molar-refractivity contribution is 9.10. The van der Waals surface area contributed by atoms with Crippen LogP contribution in [0.3, 0.4) is 0 Å². The summed E-state index contributed by atoms with van der Waals surface area (Å²) in [6.07, 6.45) is 0.0346. The Morgan fingerprint density at radius 2 is 1.83 bits per heavy atom. The van der Waals surface area contributed by atoms with Gasteiger partial charge in [0.05, 0.1) is 18.0 Å². The standard InChI is InChI=1S/C16H14BrFN2O3/c1-23-14-7-4-11(9-13(14)17)16(22)20-19-15(21)8-10-2-5-12(18)6-3-10/h2-7,9H,8H2,1H3,(H,19,21)(H,20,22). The Morgan fingerprint density at radius 3 is 2.43 bits per heavy atom. The van der Waals surface area contributed by atoms with Crippen LogP contribution in [0.5, 0.6) is 5.75 Å². The van der Waals surface area contributed by atoms with Crippen molar-refractivity contribution < 1.29 is 18.7 Å². The fraction of sp³-hybridized carbons (Fsp3) is 0.125. The van der Waals surface area contributed by atoms with Crippen molar-refractivity contribution in [3.63, 3.8) is 0 Å². The van der Waals surface area contributed by atoms with Crippen molar-refractivity contribution in [1.82, 2.24) is 10.9 Å². The van der Waals surface area contributed by atoms with E-state index in [4.69, 9.17) is 4.74 Å². The van der Waals surface area contributed by atoms with Crippen LogP contribution in [-0.2, 0) is 11.2 Å². The summed E-state index contributed by atoms with van der Waals surface area (Å²) < 4.78 is 18.5. The number of hydrazine groups is 1. The highest BCUT2D eigenvalue weighted by Gasteiger charge is 2.10. The largest absolute Gasteiger partial charge is 0.496 e. The van der Waals surface area contributed by atoms with E-state index in [0.29, 0.717) is 21.3 Å². The van der Waals surface area contributed by atoms with Crippen molar-refractivity contribution in [3.05, 3.63) is 63.9 Å². The first kappa shape index (κ1) is 17.0. The van der Waals surface area contributed by atoms with Gasteiger partial charge in [-0.3, -0.25) is 20.4 Å². The Kier molecular flexibility index (Phi) is 5.70. The lowest BCUT2D eigenvalue weighted by molar-refractivity contribution is -0.121. The molecule has 0 aliphatic carbocycles. The monoisotopic (exact) mass is 380 g/mol. The van der Waals surface area contributed by atoms with Gasteiger partial charge in [0.25, 0.3) is 5.91 Å². The summed E-state index contributed by atoms with van der Waals surface area (Å²) in [6, 6.07) is 10.4. The molecule has 0 fully saturated rings. The number of amides is 2. The zero-order chi connectivity index (χ0) is 16.8. The molecule has 120 valence electrons. The average molecular weight is 381 g/mol. The van der Waals surface area contributed by atoms with Gasteiger partial charge in [-0.05, 0) is 51.8 Å². The van der Waals surface area contributed by atoms with Gasteiger partial charge < -0.3 is 4.74 Å². The van der Waals surface area contributed by atoms with Crippen LogP contribution in [0.1, 0.15) is 15.9 Å². The van der Waals surface area contributed by atoms with Gasteiger partial charge in [0.2, 0.25) is 5.91 Å². The van der Waals surface area contributed by atoms with Crippen LogP contribution in [0.4, 0.5) is 4.39 Å². The topological polar surface area (TPSA) is 67.4 Å². The van der Waals surface area contributed by atoms with Crippen LogP contribution in [0.15, 0.2) is 46.9 Å². The van der Waals surface area contributed by atoms with Crippen LogP contribution in [0, 0.1) is 5.82 Å². The number of carbonyl (C=O) groups excluding carboxylic acids is 2. The minimum absolute atomic E-state index is 0.0346. The lowest BCUT2D eigenvalue weighted by Gasteiger charge is -2.09. The number of ether oxygens (including phenoxy) is 1. The van der Waals surface area contributed by atoms with E-state index in [0.717, 1.165) is 0 Å².